The van der Waals surface area contributed by atoms with Gasteiger partial charge in [-0.3, -0.25) is 0 Å². The van der Waals surface area contributed by atoms with Crippen LogP contribution in [-0.4, -0.2) is 24.9 Å². The molecule has 1 fully saturated rings. The average molecular weight is 158 g/mol. The lowest BCUT2D eigenvalue weighted by molar-refractivity contribution is 0.113. The third-order valence-electron chi connectivity index (χ3n) is 2.64. The molecule has 1 N–H and O–H groups in total. The number of aliphatic hydroxyl groups excluding tert-OH is 1. The van der Waals surface area contributed by atoms with Crippen LogP contribution in [-0.2, 0) is 4.74 Å². The Morgan fingerprint density at radius 1 is 1.55 bits per heavy atom. The maximum absolute atomic E-state index is 9.10. The molecule has 0 aromatic rings. The topological polar surface area (TPSA) is 29.5 Å². The normalized spacial score (nSPS) is 27.8. The summed E-state index contributed by atoms with van der Waals surface area (Å²) in [5, 5.41) is 9.10. The largest absolute Gasteiger partial charge is 0.396 e. The van der Waals surface area contributed by atoms with Crippen LogP contribution in [0, 0.1) is 17.8 Å². The maximum Gasteiger partial charge on any atom is 0.0498 e. The monoisotopic (exact) mass is 158 g/mol. The third-order valence-corrected chi connectivity index (χ3v) is 2.64. The zero-order valence-corrected chi connectivity index (χ0v) is 7.42. The zero-order valence-electron chi connectivity index (χ0n) is 7.42. The summed E-state index contributed by atoms with van der Waals surface area (Å²) in [6.45, 7) is 6.38. The molecular formula is C9H18O2. The highest BCUT2D eigenvalue weighted by molar-refractivity contribution is 4.75. The molecule has 1 aliphatic heterocycles. The Labute approximate surface area is 68.6 Å². The summed E-state index contributed by atoms with van der Waals surface area (Å²) in [5.74, 6) is 1.61. The van der Waals surface area contributed by atoms with Crippen molar-refractivity contribution in [3.8, 4) is 0 Å². The predicted octanol–water partition coefficient (Wildman–Crippen LogP) is 1.29. The van der Waals surface area contributed by atoms with Gasteiger partial charge in [-0.15, -0.1) is 0 Å². The molecule has 0 spiro atoms. The fraction of sp³-hybridized carbons (Fsp3) is 1.00. The molecule has 0 radical (unpaired) electrons. The van der Waals surface area contributed by atoms with E-state index in [4.69, 9.17) is 9.84 Å². The molecule has 0 aromatic carbocycles. The van der Waals surface area contributed by atoms with Crippen LogP contribution in [0.3, 0.4) is 0 Å². The van der Waals surface area contributed by atoms with E-state index in [9.17, 15) is 0 Å². The molecule has 11 heavy (non-hydrogen) atoms. The predicted molar refractivity (Wildman–Crippen MR) is 44.3 cm³/mol. The average Bonchev–Trinajstić information content (AvgIpc) is 2.40. The third kappa shape index (κ3) is 2.17. The van der Waals surface area contributed by atoms with E-state index in [2.05, 4.69) is 13.8 Å². The van der Waals surface area contributed by atoms with Gasteiger partial charge in [0.05, 0.1) is 0 Å². The summed E-state index contributed by atoms with van der Waals surface area (Å²) in [6, 6.07) is 0. The molecule has 1 heterocycles. The van der Waals surface area contributed by atoms with Crippen LogP contribution >= 0.6 is 0 Å². The lowest BCUT2D eigenvalue weighted by Crippen LogP contribution is -2.23. The Morgan fingerprint density at radius 3 is 2.64 bits per heavy atom. The molecule has 2 nitrogen and oxygen atoms in total. The van der Waals surface area contributed by atoms with Crippen molar-refractivity contribution in [3.05, 3.63) is 0 Å². The van der Waals surface area contributed by atoms with E-state index in [0.717, 1.165) is 19.6 Å². The highest BCUT2D eigenvalue weighted by Crippen LogP contribution is 2.27. The van der Waals surface area contributed by atoms with Crippen molar-refractivity contribution >= 4 is 0 Å². The Hall–Kier alpha value is -0.0800. The summed E-state index contributed by atoms with van der Waals surface area (Å²) in [4.78, 5) is 0. The summed E-state index contributed by atoms with van der Waals surface area (Å²) >= 11 is 0. The minimum absolute atomic E-state index is 0.311. The zero-order chi connectivity index (χ0) is 8.27. The quantitative estimate of drug-likeness (QED) is 0.670. The first-order valence-electron chi connectivity index (χ1n) is 4.44. The van der Waals surface area contributed by atoms with Gasteiger partial charge in [0.2, 0.25) is 0 Å². The van der Waals surface area contributed by atoms with Crippen LogP contribution < -0.4 is 0 Å². The lowest BCUT2D eigenvalue weighted by Gasteiger charge is -2.23. The van der Waals surface area contributed by atoms with Crippen molar-refractivity contribution in [2.75, 3.05) is 19.8 Å². The van der Waals surface area contributed by atoms with Gasteiger partial charge in [-0.1, -0.05) is 13.8 Å². The van der Waals surface area contributed by atoms with E-state index >= 15 is 0 Å². The lowest BCUT2D eigenvalue weighted by atomic mass is 9.84. The molecule has 1 aliphatic rings. The number of rotatable bonds is 3. The van der Waals surface area contributed by atoms with Crippen LogP contribution in [0.2, 0.25) is 0 Å². The highest BCUT2D eigenvalue weighted by atomic mass is 16.5. The van der Waals surface area contributed by atoms with Crippen molar-refractivity contribution in [2.24, 2.45) is 17.8 Å². The number of ether oxygens (including phenoxy) is 1. The first-order valence-corrected chi connectivity index (χ1v) is 4.44. The van der Waals surface area contributed by atoms with Gasteiger partial charge in [0.25, 0.3) is 0 Å². The van der Waals surface area contributed by atoms with Crippen LogP contribution in [0.15, 0.2) is 0 Å². The Kier molecular flexibility index (Phi) is 3.34. The molecule has 1 rings (SSSR count). The molecule has 0 saturated carbocycles. The first-order chi connectivity index (χ1) is 5.25. The molecule has 0 amide bonds. The van der Waals surface area contributed by atoms with E-state index in [-0.39, 0.29) is 0 Å². The van der Waals surface area contributed by atoms with Crippen LogP contribution in [0.25, 0.3) is 0 Å². The summed E-state index contributed by atoms with van der Waals surface area (Å²) in [6.07, 6.45) is 1.13. The van der Waals surface area contributed by atoms with Crippen molar-refractivity contribution in [2.45, 2.75) is 20.3 Å². The Bertz CT molecular complexity index is 106. The van der Waals surface area contributed by atoms with Crippen molar-refractivity contribution in [3.63, 3.8) is 0 Å². The van der Waals surface area contributed by atoms with Gasteiger partial charge in [-0.2, -0.15) is 0 Å². The van der Waals surface area contributed by atoms with E-state index in [1.165, 1.54) is 0 Å². The number of hydrogen-bond donors (Lipinski definition) is 1. The molecule has 2 atom stereocenters. The SMILES string of the molecule is CC(C)C(CO)C1CCOC1. The van der Waals surface area contributed by atoms with Crippen LogP contribution in [0.4, 0.5) is 0 Å². The summed E-state index contributed by atoms with van der Waals surface area (Å²) in [7, 11) is 0. The summed E-state index contributed by atoms with van der Waals surface area (Å²) < 4.78 is 5.28. The van der Waals surface area contributed by atoms with Crippen molar-refractivity contribution in [1.29, 1.82) is 0 Å². The molecule has 2 unspecified atom stereocenters. The van der Waals surface area contributed by atoms with E-state index < -0.39 is 0 Å². The second kappa shape index (κ2) is 4.07. The van der Waals surface area contributed by atoms with E-state index in [1.54, 1.807) is 0 Å². The molecule has 2 heteroatoms. The first kappa shape index (κ1) is 9.01. The maximum atomic E-state index is 9.10. The molecule has 0 bridgehead atoms. The number of hydrogen-bond acceptors (Lipinski definition) is 2. The second-order valence-corrected chi connectivity index (χ2v) is 3.71. The standard InChI is InChI=1S/C9H18O2/c1-7(2)9(5-10)8-3-4-11-6-8/h7-10H,3-6H2,1-2H3. The van der Waals surface area contributed by atoms with Gasteiger partial charge in [-0.25, -0.2) is 0 Å². The van der Waals surface area contributed by atoms with Crippen molar-refractivity contribution < 1.29 is 9.84 Å². The Morgan fingerprint density at radius 2 is 2.27 bits per heavy atom. The van der Waals surface area contributed by atoms with Gasteiger partial charge in [0, 0.05) is 19.8 Å². The van der Waals surface area contributed by atoms with Gasteiger partial charge in [0.15, 0.2) is 0 Å². The van der Waals surface area contributed by atoms with Crippen LogP contribution in [0.5, 0.6) is 0 Å². The molecule has 0 aliphatic carbocycles. The van der Waals surface area contributed by atoms with Gasteiger partial charge in [-0.05, 0) is 24.2 Å². The fourth-order valence-electron chi connectivity index (χ4n) is 1.79. The van der Waals surface area contributed by atoms with E-state index in [1.807, 2.05) is 0 Å². The minimum Gasteiger partial charge on any atom is -0.396 e. The second-order valence-electron chi connectivity index (χ2n) is 3.71. The summed E-state index contributed by atoms with van der Waals surface area (Å²) in [5.41, 5.74) is 0. The van der Waals surface area contributed by atoms with Crippen molar-refractivity contribution in [1.82, 2.24) is 0 Å². The molecule has 1 saturated heterocycles. The number of aliphatic hydroxyl groups is 1. The molecule has 66 valence electrons. The van der Waals surface area contributed by atoms with Gasteiger partial charge < -0.3 is 9.84 Å². The Balaban J connectivity index is 2.40. The van der Waals surface area contributed by atoms with E-state index in [0.29, 0.717) is 24.4 Å². The minimum atomic E-state index is 0.311. The van der Waals surface area contributed by atoms with Gasteiger partial charge in [0.1, 0.15) is 0 Å². The molecule has 0 aromatic heterocycles. The highest BCUT2D eigenvalue weighted by Gasteiger charge is 2.27. The van der Waals surface area contributed by atoms with Crippen LogP contribution in [0.1, 0.15) is 20.3 Å². The molecular weight excluding hydrogens is 140 g/mol. The van der Waals surface area contributed by atoms with Gasteiger partial charge >= 0.3 is 0 Å². The smallest absolute Gasteiger partial charge is 0.0498 e. The fourth-order valence-corrected chi connectivity index (χ4v) is 1.79.